The van der Waals surface area contributed by atoms with Crippen molar-refractivity contribution >= 4 is 0 Å². The van der Waals surface area contributed by atoms with Gasteiger partial charge in [-0.3, -0.25) is 0 Å². The standard InChI is InChI=1S/C14H28N2/c1-11-8-12(2)13(14(9-11)15-3)10-16-6-4-5-7-16/h11-15H,4-10H2,1-3H3. The lowest BCUT2D eigenvalue weighted by Gasteiger charge is -2.41. The third-order valence-corrected chi connectivity index (χ3v) is 4.72. The van der Waals surface area contributed by atoms with E-state index in [4.69, 9.17) is 0 Å². The summed E-state index contributed by atoms with van der Waals surface area (Å²) < 4.78 is 0. The van der Waals surface area contributed by atoms with Gasteiger partial charge in [0.2, 0.25) is 0 Å². The molecular formula is C14H28N2. The second-order valence-electron chi connectivity index (χ2n) is 6.12. The smallest absolute Gasteiger partial charge is 0.0110 e. The Morgan fingerprint density at radius 3 is 2.44 bits per heavy atom. The van der Waals surface area contributed by atoms with E-state index in [1.54, 1.807) is 0 Å². The van der Waals surface area contributed by atoms with Crippen molar-refractivity contribution in [3.05, 3.63) is 0 Å². The summed E-state index contributed by atoms with van der Waals surface area (Å²) in [7, 11) is 2.15. The van der Waals surface area contributed by atoms with Crippen LogP contribution in [0.1, 0.15) is 39.5 Å². The van der Waals surface area contributed by atoms with Gasteiger partial charge in [-0.2, -0.15) is 0 Å². The average molecular weight is 224 g/mol. The molecule has 0 amide bonds. The van der Waals surface area contributed by atoms with Gasteiger partial charge in [-0.15, -0.1) is 0 Å². The molecule has 4 unspecified atom stereocenters. The second-order valence-corrected chi connectivity index (χ2v) is 6.12. The fourth-order valence-corrected chi connectivity index (χ4v) is 3.81. The van der Waals surface area contributed by atoms with Crippen molar-refractivity contribution in [2.45, 2.75) is 45.6 Å². The lowest BCUT2D eigenvalue weighted by atomic mass is 9.72. The molecule has 1 aliphatic carbocycles. The SMILES string of the molecule is CNC1CC(C)CC(C)C1CN1CCCC1. The van der Waals surface area contributed by atoms with Crippen LogP contribution in [0.3, 0.4) is 0 Å². The molecule has 2 nitrogen and oxygen atoms in total. The Balaban J connectivity index is 1.93. The van der Waals surface area contributed by atoms with Crippen LogP contribution in [0.4, 0.5) is 0 Å². The number of hydrogen-bond acceptors (Lipinski definition) is 2. The van der Waals surface area contributed by atoms with E-state index < -0.39 is 0 Å². The van der Waals surface area contributed by atoms with Gasteiger partial charge in [-0.1, -0.05) is 13.8 Å². The Kier molecular flexibility index (Phi) is 4.26. The predicted molar refractivity (Wildman–Crippen MR) is 69.6 cm³/mol. The summed E-state index contributed by atoms with van der Waals surface area (Å²) in [5.74, 6) is 2.67. The minimum Gasteiger partial charge on any atom is -0.317 e. The number of nitrogens with one attached hydrogen (secondary N) is 1. The summed E-state index contributed by atoms with van der Waals surface area (Å²) in [5, 5.41) is 3.56. The molecule has 2 rings (SSSR count). The maximum atomic E-state index is 3.56. The minimum absolute atomic E-state index is 0.749. The molecule has 0 bridgehead atoms. The van der Waals surface area contributed by atoms with E-state index in [1.165, 1.54) is 45.3 Å². The first kappa shape index (κ1) is 12.4. The van der Waals surface area contributed by atoms with Gasteiger partial charge in [0.1, 0.15) is 0 Å². The summed E-state index contributed by atoms with van der Waals surface area (Å²) in [4.78, 5) is 2.68. The Labute approximate surface area is 101 Å². The fourth-order valence-electron chi connectivity index (χ4n) is 3.81. The van der Waals surface area contributed by atoms with Crippen LogP contribution in [0.25, 0.3) is 0 Å². The number of rotatable bonds is 3. The molecule has 0 aromatic heterocycles. The molecule has 2 heteroatoms. The van der Waals surface area contributed by atoms with Gasteiger partial charge in [0, 0.05) is 12.6 Å². The van der Waals surface area contributed by atoms with Crippen molar-refractivity contribution in [3.63, 3.8) is 0 Å². The molecule has 2 fully saturated rings. The molecule has 4 atom stereocenters. The Morgan fingerprint density at radius 1 is 1.12 bits per heavy atom. The molecule has 1 N–H and O–H groups in total. The number of hydrogen-bond donors (Lipinski definition) is 1. The Hall–Kier alpha value is -0.0800. The topological polar surface area (TPSA) is 15.3 Å². The third-order valence-electron chi connectivity index (χ3n) is 4.72. The van der Waals surface area contributed by atoms with Crippen LogP contribution in [0.15, 0.2) is 0 Å². The maximum absolute atomic E-state index is 3.56. The van der Waals surface area contributed by atoms with Crippen LogP contribution in [-0.4, -0.2) is 37.6 Å². The van der Waals surface area contributed by atoms with Crippen LogP contribution < -0.4 is 5.32 Å². The summed E-state index contributed by atoms with van der Waals surface area (Å²) in [6.45, 7) is 8.89. The summed E-state index contributed by atoms with van der Waals surface area (Å²) in [6, 6.07) is 0.749. The largest absolute Gasteiger partial charge is 0.317 e. The highest BCUT2D eigenvalue weighted by Gasteiger charge is 2.34. The van der Waals surface area contributed by atoms with Gasteiger partial charge in [-0.05, 0) is 63.6 Å². The van der Waals surface area contributed by atoms with Crippen LogP contribution in [0, 0.1) is 17.8 Å². The first-order valence-corrected chi connectivity index (χ1v) is 7.10. The predicted octanol–water partition coefficient (Wildman–Crippen LogP) is 2.35. The van der Waals surface area contributed by atoms with Crippen molar-refractivity contribution in [1.82, 2.24) is 10.2 Å². The monoisotopic (exact) mass is 224 g/mol. The molecule has 94 valence electrons. The van der Waals surface area contributed by atoms with E-state index in [0.717, 1.165) is 23.8 Å². The van der Waals surface area contributed by atoms with E-state index in [9.17, 15) is 0 Å². The number of nitrogens with zero attached hydrogens (tertiary/aromatic N) is 1. The summed E-state index contributed by atoms with van der Waals surface area (Å²) in [5.41, 5.74) is 0. The van der Waals surface area contributed by atoms with Crippen molar-refractivity contribution in [2.75, 3.05) is 26.7 Å². The van der Waals surface area contributed by atoms with Crippen molar-refractivity contribution in [3.8, 4) is 0 Å². The van der Waals surface area contributed by atoms with Gasteiger partial charge >= 0.3 is 0 Å². The molecule has 2 aliphatic rings. The van der Waals surface area contributed by atoms with E-state index >= 15 is 0 Å². The van der Waals surface area contributed by atoms with Gasteiger partial charge in [-0.25, -0.2) is 0 Å². The minimum atomic E-state index is 0.749. The molecule has 0 radical (unpaired) electrons. The molecule has 1 heterocycles. The molecule has 16 heavy (non-hydrogen) atoms. The molecular weight excluding hydrogens is 196 g/mol. The zero-order valence-corrected chi connectivity index (χ0v) is 11.2. The van der Waals surface area contributed by atoms with Crippen LogP contribution in [0.2, 0.25) is 0 Å². The maximum Gasteiger partial charge on any atom is 0.0110 e. The molecule has 1 aliphatic heterocycles. The third kappa shape index (κ3) is 2.78. The molecule has 0 spiro atoms. The van der Waals surface area contributed by atoms with Crippen LogP contribution in [0.5, 0.6) is 0 Å². The summed E-state index contributed by atoms with van der Waals surface area (Å²) in [6.07, 6.45) is 5.64. The lowest BCUT2D eigenvalue weighted by molar-refractivity contribution is 0.115. The fraction of sp³-hybridized carbons (Fsp3) is 1.00. The van der Waals surface area contributed by atoms with Crippen molar-refractivity contribution in [2.24, 2.45) is 17.8 Å². The molecule has 0 aromatic rings. The van der Waals surface area contributed by atoms with Gasteiger partial charge in [0.05, 0.1) is 0 Å². The highest BCUT2D eigenvalue weighted by Crippen LogP contribution is 2.34. The van der Waals surface area contributed by atoms with E-state index in [0.29, 0.717) is 0 Å². The van der Waals surface area contributed by atoms with Crippen LogP contribution >= 0.6 is 0 Å². The normalized spacial score (nSPS) is 41.4. The molecule has 0 aromatic carbocycles. The van der Waals surface area contributed by atoms with Gasteiger partial charge in [0.25, 0.3) is 0 Å². The van der Waals surface area contributed by atoms with Gasteiger partial charge < -0.3 is 10.2 Å². The average Bonchev–Trinajstić information content (AvgIpc) is 2.74. The first-order valence-electron chi connectivity index (χ1n) is 7.10. The highest BCUT2D eigenvalue weighted by molar-refractivity contribution is 4.89. The lowest BCUT2D eigenvalue weighted by Crippen LogP contribution is -2.47. The Bertz CT molecular complexity index is 211. The highest BCUT2D eigenvalue weighted by atomic mass is 15.1. The molecule has 1 saturated heterocycles. The quantitative estimate of drug-likeness (QED) is 0.791. The van der Waals surface area contributed by atoms with E-state index in [-0.39, 0.29) is 0 Å². The second kappa shape index (κ2) is 5.50. The molecule has 1 saturated carbocycles. The Morgan fingerprint density at radius 2 is 1.81 bits per heavy atom. The van der Waals surface area contributed by atoms with Crippen LogP contribution in [-0.2, 0) is 0 Å². The van der Waals surface area contributed by atoms with E-state index in [2.05, 4.69) is 31.1 Å². The van der Waals surface area contributed by atoms with Crippen molar-refractivity contribution < 1.29 is 0 Å². The zero-order chi connectivity index (χ0) is 11.5. The van der Waals surface area contributed by atoms with E-state index in [1.807, 2.05) is 0 Å². The first-order chi connectivity index (χ1) is 7.70. The van der Waals surface area contributed by atoms with Crippen molar-refractivity contribution in [1.29, 1.82) is 0 Å². The number of likely N-dealkylation sites (tertiary alicyclic amines) is 1. The zero-order valence-electron chi connectivity index (χ0n) is 11.2. The van der Waals surface area contributed by atoms with Gasteiger partial charge in [0.15, 0.2) is 0 Å². The summed E-state index contributed by atoms with van der Waals surface area (Å²) >= 11 is 0.